The quantitative estimate of drug-likeness (QED) is 0.846. The van der Waals surface area contributed by atoms with Crippen LogP contribution in [0.4, 0.5) is 5.69 Å². The number of aryl methyl sites for hydroxylation is 1. The van der Waals surface area contributed by atoms with Gasteiger partial charge >= 0.3 is 0 Å². The van der Waals surface area contributed by atoms with Gasteiger partial charge in [0.05, 0.1) is 0 Å². The monoisotopic (exact) mass is 280 g/mol. The summed E-state index contributed by atoms with van der Waals surface area (Å²) in [6.45, 7) is 2.62. The van der Waals surface area contributed by atoms with Gasteiger partial charge in [-0.3, -0.25) is 4.79 Å². The maximum atomic E-state index is 12.2. The third kappa shape index (κ3) is 2.77. The molecule has 3 rings (SSSR count). The number of hydrogen-bond donors (Lipinski definition) is 2. The number of amides is 1. The lowest BCUT2D eigenvalue weighted by Crippen LogP contribution is -2.32. The van der Waals surface area contributed by atoms with Gasteiger partial charge in [-0.15, -0.1) is 0 Å². The maximum Gasteiger partial charge on any atom is 0.251 e. The van der Waals surface area contributed by atoms with Crippen LogP contribution in [0.5, 0.6) is 0 Å². The van der Waals surface area contributed by atoms with Crippen molar-refractivity contribution in [1.82, 2.24) is 5.32 Å². The number of carbonyl (C=O) groups excluding carboxylic acids is 1. The Labute approximate surface area is 125 Å². The average Bonchev–Trinajstić information content (AvgIpc) is 3.30. The summed E-state index contributed by atoms with van der Waals surface area (Å²) < 4.78 is 0. The lowest BCUT2D eigenvalue weighted by Gasteiger charge is -2.16. The van der Waals surface area contributed by atoms with Crippen LogP contribution in [0.25, 0.3) is 0 Å². The number of nitrogens with one attached hydrogen (secondary N) is 1. The standard InChI is InChI=1S/C18H20N2O/c1-13-7-8-14(11-16(13)19)17(21)20-12-18(9-10-18)15-5-3-2-4-6-15/h2-8,11H,9-10,12,19H2,1H3,(H,20,21). The van der Waals surface area contributed by atoms with Gasteiger partial charge in [0.1, 0.15) is 0 Å². The minimum absolute atomic E-state index is 0.0519. The largest absolute Gasteiger partial charge is 0.398 e. The summed E-state index contributed by atoms with van der Waals surface area (Å²) in [6.07, 6.45) is 2.26. The summed E-state index contributed by atoms with van der Waals surface area (Å²) in [4.78, 5) is 12.2. The van der Waals surface area contributed by atoms with Crippen LogP contribution in [0.3, 0.4) is 0 Å². The summed E-state index contributed by atoms with van der Waals surface area (Å²) in [5.41, 5.74) is 9.59. The number of carbonyl (C=O) groups is 1. The lowest BCUT2D eigenvalue weighted by atomic mass is 9.96. The fraction of sp³-hybridized carbons (Fsp3) is 0.278. The van der Waals surface area contributed by atoms with E-state index in [1.807, 2.05) is 25.1 Å². The fourth-order valence-corrected chi connectivity index (χ4v) is 2.64. The Hall–Kier alpha value is -2.29. The van der Waals surface area contributed by atoms with Crippen LogP contribution in [-0.4, -0.2) is 12.5 Å². The molecule has 1 saturated carbocycles. The van der Waals surface area contributed by atoms with Gasteiger partial charge in [-0.1, -0.05) is 36.4 Å². The first-order valence-corrected chi connectivity index (χ1v) is 7.31. The molecule has 0 aliphatic heterocycles. The minimum Gasteiger partial charge on any atom is -0.398 e. The topological polar surface area (TPSA) is 55.1 Å². The predicted molar refractivity (Wildman–Crippen MR) is 85.3 cm³/mol. The average molecular weight is 280 g/mol. The van der Waals surface area contributed by atoms with Crippen molar-refractivity contribution in [3.8, 4) is 0 Å². The Morgan fingerprint density at radius 1 is 1.19 bits per heavy atom. The maximum absolute atomic E-state index is 12.2. The van der Waals surface area contributed by atoms with Crippen molar-refractivity contribution >= 4 is 11.6 Å². The number of hydrogen-bond acceptors (Lipinski definition) is 2. The molecule has 0 radical (unpaired) electrons. The second kappa shape index (κ2) is 5.24. The van der Waals surface area contributed by atoms with Gasteiger partial charge in [0.25, 0.3) is 5.91 Å². The molecule has 1 amide bonds. The third-order valence-electron chi connectivity index (χ3n) is 4.37. The van der Waals surface area contributed by atoms with Gasteiger partial charge in [0, 0.05) is 23.2 Å². The predicted octanol–water partition coefficient (Wildman–Crippen LogP) is 3.04. The van der Waals surface area contributed by atoms with E-state index < -0.39 is 0 Å². The van der Waals surface area contributed by atoms with E-state index in [1.54, 1.807) is 6.07 Å². The SMILES string of the molecule is Cc1ccc(C(=O)NCC2(c3ccccc3)CC2)cc1N. The zero-order valence-corrected chi connectivity index (χ0v) is 12.2. The number of nitrogen functional groups attached to an aromatic ring is 1. The highest BCUT2D eigenvalue weighted by Gasteiger charge is 2.44. The Morgan fingerprint density at radius 3 is 2.52 bits per heavy atom. The molecule has 0 atom stereocenters. The van der Waals surface area contributed by atoms with Gasteiger partial charge in [0.2, 0.25) is 0 Å². The van der Waals surface area contributed by atoms with Crippen molar-refractivity contribution in [2.24, 2.45) is 0 Å². The van der Waals surface area contributed by atoms with Crippen LogP contribution in [0.2, 0.25) is 0 Å². The van der Waals surface area contributed by atoms with E-state index in [-0.39, 0.29) is 11.3 Å². The van der Waals surface area contributed by atoms with Crippen LogP contribution in [0.15, 0.2) is 48.5 Å². The highest BCUT2D eigenvalue weighted by molar-refractivity contribution is 5.95. The van der Waals surface area contributed by atoms with E-state index in [0.717, 1.165) is 18.4 Å². The second-order valence-electron chi connectivity index (χ2n) is 5.90. The van der Waals surface area contributed by atoms with Gasteiger partial charge in [-0.2, -0.15) is 0 Å². The number of nitrogens with two attached hydrogens (primary N) is 1. The van der Waals surface area contributed by atoms with Gasteiger partial charge < -0.3 is 11.1 Å². The first-order valence-electron chi connectivity index (χ1n) is 7.31. The summed E-state index contributed by atoms with van der Waals surface area (Å²) >= 11 is 0. The molecule has 0 saturated heterocycles. The molecule has 3 heteroatoms. The van der Waals surface area contributed by atoms with E-state index in [1.165, 1.54) is 5.56 Å². The molecule has 1 fully saturated rings. The molecule has 3 nitrogen and oxygen atoms in total. The molecule has 2 aromatic rings. The van der Waals surface area contributed by atoms with Crippen LogP contribution in [0, 0.1) is 6.92 Å². The van der Waals surface area contributed by atoms with E-state index in [0.29, 0.717) is 17.8 Å². The molecule has 0 heterocycles. The normalized spacial score (nSPS) is 15.5. The van der Waals surface area contributed by atoms with Crippen LogP contribution < -0.4 is 11.1 Å². The second-order valence-corrected chi connectivity index (χ2v) is 5.90. The van der Waals surface area contributed by atoms with E-state index in [9.17, 15) is 4.79 Å². The molecule has 1 aliphatic rings. The molecular weight excluding hydrogens is 260 g/mol. The summed E-state index contributed by atoms with van der Waals surface area (Å²) in [6, 6.07) is 15.9. The summed E-state index contributed by atoms with van der Waals surface area (Å²) in [5, 5.41) is 3.05. The van der Waals surface area contributed by atoms with Crippen molar-refractivity contribution in [2.75, 3.05) is 12.3 Å². The molecule has 3 N–H and O–H groups in total. The van der Waals surface area contributed by atoms with Gasteiger partial charge in [-0.25, -0.2) is 0 Å². The molecule has 0 aromatic heterocycles. The number of anilines is 1. The molecule has 108 valence electrons. The molecule has 0 bridgehead atoms. The van der Waals surface area contributed by atoms with Crippen LogP contribution in [0.1, 0.15) is 34.3 Å². The van der Waals surface area contributed by atoms with Crippen molar-refractivity contribution < 1.29 is 4.79 Å². The van der Waals surface area contributed by atoms with Crippen molar-refractivity contribution in [3.05, 3.63) is 65.2 Å². The molecule has 2 aromatic carbocycles. The minimum atomic E-state index is -0.0519. The van der Waals surface area contributed by atoms with Crippen LogP contribution >= 0.6 is 0 Å². The smallest absolute Gasteiger partial charge is 0.251 e. The first-order chi connectivity index (χ1) is 10.1. The molecule has 1 aliphatic carbocycles. The molecule has 0 unspecified atom stereocenters. The van der Waals surface area contributed by atoms with E-state index in [4.69, 9.17) is 5.73 Å². The summed E-state index contributed by atoms with van der Waals surface area (Å²) in [7, 11) is 0. The third-order valence-corrected chi connectivity index (χ3v) is 4.37. The van der Waals surface area contributed by atoms with E-state index in [2.05, 4.69) is 29.6 Å². The fourth-order valence-electron chi connectivity index (χ4n) is 2.64. The summed E-state index contributed by atoms with van der Waals surface area (Å²) in [5.74, 6) is -0.0519. The zero-order chi connectivity index (χ0) is 14.9. The molecular formula is C18H20N2O. The molecule has 0 spiro atoms. The van der Waals surface area contributed by atoms with Crippen molar-refractivity contribution in [1.29, 1.82) is 0 Å². The van der Waals surface area contributed by atoms with Gasteiger partial charge in [0.15, 0.2) is 0 Å². The van der Waals surface area contributed by atoms with Gasteiger partial charge in [-0.05, 0) is 43.0 Å². The number of benzene rings is 2. The van der Waals surface area contributed by atoms with Crippen molar-refractivity contribution in [2.45, 2.75) is 25.2 Å². The Balaban J connectivity index is 1.68. The number of rotatable bonds is 4. The lowest BCUT2D eigenvalue weighted by molar-refractivity contribution is 0.0949. The Morgan fingerprint density at radius 2 is 1.90 bits per heavy atom. The zero-order valence-electron chi connectivity index (χ0n) is 12.2. The Bertz CT molecular complexity index is 660. The Kier molecular flexibility index (Phi) is 3.42. The van der Waals surface area contributed by atoms with Crippen molar-refractivity contribution in [3.63, 3.8) is 0 Å². The molecule has 21 heavy (non-hydrogen) atoms. The highest BCUT2D eigenvalue weighted by atomic mass is 16.1. The first kappa shape index (κ1) is 13.7. The van der Waals surface area contributed by atoms with Crippen LogP contribution in [-0.2, 0) is 5.41 Å². The van der Waals surface area contributed by atoms with E-state index >= 15 is 0 Å². The highest BCUT2D eigenvalue weighted by Crippen LogP contribution is 2.47.